The molecule has 1 atom stereocenters. The van der Waals surface area contributed by atoms with E-state index in [9.17, 15) is 5.26 Å². The number of hydrogen-bond acceptors (Lipinski definition) is 5. The van der Waals surface area contributed by atoms with Gasteiger partial charge >= 0.3 is 0 Å². The fraction of sp³-hybridized carbons (Fsp3) is 0.273. The molecule has 0 saturated carbocycles. The number of nitrogens with zero attached hydrogens (tertiary/aromatic N) is 5. The summed E-state index contributed by atoms with van der Waals surface area (Å²) in [5, 5.41) is 18.2. The Bertz CT molecular complexity index is 1220. The highest BCUT2D eigenvalue weighted by molar-refractivity contribution is 6.35. The third-order valence-corrected chi connectivity index (χ3v) is 5.97. The third-order valence-electron chi connectivity index (χ3n) is 5.47. The molecule has 6 nitrogen and oxygen atoms in total. The second-order valence-corrected chi connectivity index (χ2v) is 8.05. The van der Waals surface area contributed by atoms with Crippen molar-refractivity contribution in [1.82, 2.24) is 19.9 Å². The number of fused-ring (bicyclic) bond motifs is 1. The molecule has 1 N–H and O–H groups in total. The van der Waals surface area contributed by atoms with E-state index < -0.39 is 0 Å². The van der Waals surface area contributed by atoms with Crippen LogP contribution in [-0.4, -0.2) is 33.4 Å². The van der Waals surface area contributed by atoms with Gasteiger partial charge in [0.25, 0.3) is 0 Å². The molecule has 1 saturated heterocycles. The predicted octanol–water partition coefficient (Wildman–Crippen LogP) is 4.69. The highest BCUT2D eigenvalue weighted by Gasteiger charge is 2.29. The summed E-state index contributed by atoms with van der Waals surface area (Å²) in [5.41, 5.74) is 6.28. The lowest BCUT2D eigenvalue weighted by molar-refractivity contribution is 0.685. The Balaban J connectivity index is 2.06. The maximum atomic E-state index is 9.55. The Labute approximate surface area is 184 Å². The number of aliphatic imine (C=N–C) groups is 1. The lowest BCUT2D eigenvalue weighted by Crippen LogP contribution is -2.16. The summed E-state index contributed by atoms with van der Waals surface area (Å²) in [5.74, 6) is 0.216. The lowest BCUT2D eigenvalue weighted by Gasteiger charge is -2.21. The first-order valence-electron chi connectivity index (χ1n) is 9.61. The number of halogens is 2. The van der Waals surface area contributed by atoms with E-state index in [4.69, 9.17) is 28.2 Å². The molecule has 2 aromatic rings. The van der Waals surface area contributed by atoms with Crippen LogP contribution in [-0.2, 0) is 0 Å². The van der Waals surface area contributed by atoms with E-state index in [2.05, 4.69) is 28.1 Å². The summed E-state index contributed by atoms with van der Waals surface area (Å²) in [6, 6.07) is 2.13. The Hall–Kier alpha value is -2.72. The molecular weight excluding hydrogens is 419 g/mol. The summed E-state index contributed by atoms with van der Waals surface area (Å²) in [4.78, 5) is 9.12. The molecule has 0 amide bonds. The minimum atomic E-state index is 0.167. The normalized spacial score (nSPS) is 21.8. The highest BCUT2D eigenvalue weighted by Crippen LogP contribution is 2.36. The number of nitrogens with one attached hydrogen (secondary N) is 1. The molecule has 0 radical (unpaired) electrons. The van der Waals surface area contributed by atoms with Gasteiger partial charge in [0, 0.05) is 40.5 Å². The summed E-state index contributed by atoms with van der Waals surface area (Å²) in [7, 11) is 0. The van der Waals surface area contributed by atoms with Crippen LogP contribution in [0.4, 0.5) is 0 Å². The van der Waals surface area contributed by atoms with Crippen molar-refractivity contribution >= 4 is 40.1 Å². The van der Waals surface area contributed by atoms with Crippen LogP contribution in [0.3, 0.4) is 0 Å². The molecule has 0 aromatic carbocycles. The molecule has 0 spiro atoms. The Morgan fingerprint density at radius 2 is 2.23 bits per heavy atom. The van der Waals surface area contributed by atoms with Gasteiger partial charge in [-0.2, -0.15) is 10.4 Å². The van der Waals surface area contributed by atoms with Crippen LogP contribution in [0.5, 0.6) is 0 Å². The zero-order chi connectivity index (χ0) is 21.4. The van der Waals surface area contributed by atoms with Crippen molar-refractivity contribution in [2.24, 2.45) is 4.99 Å². The average molecular weight is 439 g/mol. The lowest BCUT2D eigenvalue weighted by atomic mass is 9.89. The molecule has 4 rings (SSSR count). The van der Waals surface area contributed by atoms with Crippen LogP contribution in [0.2, 0.25) is 5.15 Å². The molecule has 30 heavy (non-hydrogen) atoms. The molecule has 1 unspecified atom stereocenters. The summed E-state index contributed by atoms with van der Waals surface area (Å²) in [6.45, 7) is 9.46. The quantitative estimate of drug-likeness (QED) is 0.753. The highest BCUT2D eigenvalue weighted by atomic mass is 35.5. The van der Waals surface area contributed by atoms with Gasteiger partial charge in [-0.3, -0.25) is 4.99 Å². The van der Waals surface area contributed by atoms with Crippen molar-refractivity contribution < 1.29 is 0 Å². The molecule has 152 valence electrons. The average Bonchev–Trinajstić information content (AvgIpc) is 3.34. The van der Waals surface area contributed by atoms with Gasteiger partial charge in [0.1, 0.15) is 11.6 Å². The summed E-state index contributed by atoms with van der Waals surface area (Å²) >= 11 is 12.5. The molecule has 8 heteroatoms. The van der Waals surface area contributed by atoms with Crippen molar-refractivity contribution in [3.8, 4) is 6.07 Å². The number of aromatic nitrogens is 3. The standard InChI is InChI=1S/C22H20Cl2N6/c1-4-27-18-9-15(23)5-6-16(18)12(2)19-13(3)28-22-17(10-25)21(24)29-30(22)20(19)14-7-8-26-11-14/h4-6,9,14,26H,1,7-8,11H2,2-3H3/b16-12+,27-18?. The van der Waals surface area contributed by atoms with E-state index in [-0.39, 0.29) is 11.1 Å². The largest absolute Gasteiger partial charge is 0.316 e. The van der Waals surface area contributed by atoms with Crippen LogP contribution in [0.25, 0.3) is 11.2 Å². The van der Waals surface area contributed by atoms with Crippen LogP contribution in [0.1, 0.15) is 41.8 Å². The summed E-state index contributed by atoms with van der Waals surface area (Å²) < 4.78 is 1.74. The maximum Gasteiger partial charge on any atom is 0.175 e. The zero-order valence-electron chi connectivity index (χ0n) is 16.7. The van der Waals surface area contributed by atoms with Crippen LogP contribution in [0, 0.1) is 18.3 Å². The molecule has 2 aliphatic rings. The van der Waals surface area contributed by atoms with Gasteiger partial charge in [-0.15, -0.1) is 0 Å². The van der Waals surface area contributed by atoms with Crippen molar-refractivity contribution in [3.63, 3.8) is 0 Å². The van der Waals surface area contributed by atoms with E-state index in [1.807, 2.05) is 32.1 Å². The van der Waals surface area contributed by atoms with Gasteiger partial charge < -0.3 is 5.32 Å². The zero-order valence-corrected chi connectivity index (χ0v) is 18.2. The van der Waals surface area contributed by atoms with Crippen molar-refractivity contribution in [2.75, 3.05) is 13.1 Å². The van der Waals surface area contributed by atoms with Gasteiger partial charge in [0.05, 0.1) is 11.4 Å². The number of hydrogen-bond donors (Lipinski definition) is 1. The number of aryl methyl sites for hydroxylation is 1. The van der Waals surface area contributed by atoms with Gasteiger partial charge in [-0.1, -0.05) is 35.9 Å². The summed E-state index contributed by atoms with van der Waals surface area (Å²) in [6.07, 6.45) is 8.09. The van der Waals surface area contributed by atoms with Crippen LogP contribution in [0.15, 0.2) is 46.6 Å². The molecule has 2 aromatic heterocycles. The molecule has 1 fully saturated rings. The third kappa shape index (κ3) is 3.39. The number of nitriles is 1. The van der Waals surface area contributed by atoms with E-state index in [0.29, 0.717) is 16.2 Å². The fourth-order valence-corrected chi connectivity index (χ4v) is 4.52. The van der Waals surface area contributed by atoms with Gasteiger partial charge in [0.15, 0.2) is 10.8 Å². The Morgan fingerprint density at radius 1 is 1.43 bits per heavy atom. The molecular formula is C22H20Cl2N6. The minimum Gasteiger partial charge on any atom is -0.316 e. The predicted molar refractivity (Wildman–Crippen MR) is 121 cm³/mol. The molecule has 3 heterocycles. The first-order chi connectivity index (χ1) is 14.5. The van der Waals surface area contributed by atoms with Crippen molar-refractivity contribution in [1.29, 1.82) is 5.26 Å². The monoisotopic (exact) mass is 438 g/mol. The maximum absolute atomic E-state index is 9.55. The van der Waals surface area contributed by atoms with E-state index >= 15 is 0 Å². The number of rotatable bonds is 3. The SMILES string of the molecule is C=CN=C1C=C(Cl)C=C/C1=C(/C)c1c(C)nc2c(C#N)c(Cl)nn2c1C1CCNC1. The van der Waals surface area contributed by atoms with E-state index in [1.54, 1.807) is 4.52 Å². The number of allylic oxidation sites excluding steroid dienone is 6. The van der Waals surface area contributed by atoms with Crippen molar-refractivity contribution in [2.45, 2.75) is 26.2 Å². The molecule has 1 aliphatic heterocycles. The van der Waals surface area contributed by atoms with Gasteiger partial charge in [0.2, 0.25) is 0 Å². The second-order valence-electron chi connectivity index (χ2n) is 7.26. The smallest absolute Gasteiger partial charge is 0.175 e. The Kier molecular flexibility index (Phi) is 5.61. The fourth-order valence-electron chi connectivity index (χ4n) is 4.15. The van der Waals surface area contributed by atoms with Gasteiger partial charge in [-0.25, -0.2) is 9.50 Å². The Morgan fingerprint density at radius 3 is 2.90 bits per heavy atom. The van der Waals surface area contributed by atoms with E-state index in [0.717, 1.165) is 53.3 Å². The van der Waals surface area contributed by atoms with E-state index in [1.165, 1.54) is 6.20 Å². The van der Waals surface area contributed by atoms with Crippen LogP contribution < -0.4 is 5.32 Å². The molecule has 1 aliphatic carbocycles. The topological polar surface area (TPSA) is 78.4 Å². The van der Waals surface area contributed by atoms with Gasteiger partial charge in [-0.05, 0) is 44.5 Å². The first-order valence-corrected chi connectivity index (χ1v) is 10.4. The minimum absolute atomic E-state index is 0.167. The van der Waals surface area contributed by atoms with Crippen molar-refractivity contribution in [3.05, 3.63) is 69.3 Å². The van der Waals surface area contributed by atoms with Crippen LogP contribution >= 0.6 is 23.2 Å². The second kappa shape index (κ2) is 8.19. The first kappa shape index (κ1) is 20.5. The molecule has 0 bridgehead atoms.